The molecule has 1 aromatic carbocycles. The normalized spacial score (nSPS) is 17.9. The third-order valence-electron chi connectivity index (χ3n) is 3.24. The quantitative estimate of drug-likeness (QED) is 0.897. The second-order valence-corrected chi connectivity index (χ2v) is 5.35. The third-order valence-corrected chi connectivity index (χ3v) is 4.10. The fourth-order valence-corrected chi connectivity index (χ4v) is 2.16. The zero-order chi connectivity index (χ0) is 11.1. The van der Waals surface area contributed by atoms with Crippen molar-refractivity contribution in [2.45, 2.75) is 38.1 Å². The van der Waals surface area contributed by atoms with Gasteiger partial charge in [0.1, 0.15) is 5.82 Å². The first-order valence-electron chi connectivity index (χ1n) is 5.24. The largest absolute Gasteiger partial charge is 0.325 e. The van der Waals surface area contributed by atoms with Crippen molar-refractivity contribution in [2.24, 2.45) is 5.73 Å². The summed E-state index contributed by atoms with van der Waals surface area (Å²) in [7, 11) is 0. The number of hydrogen-bond acceptors (Lipinski definition) is 1. The SMILES string of the molecule is Cc1c(Br)ccc(F)c1CCC1(N)CC1. The topological polar surface area (TPSA) is 26.0 Å². The molecule has 0 bridgehead atoms. The number of halogens is 2. The van der Waals surface area contributed by atoms with Gasteiger partial charge in [0.15, 0.2) is 0 Å². The van der Waals surface area contributed by atoms with Gasteiger partial charge in [0.25, 0.3) is 0 Å². The van der Waals surface area contributed by atoms with Crippen LogP contribution in [0.2, 0.25) is 0 Å². The van der Waals surface area contributed by atoms with Crippen molar-refractivity contribution in [3.63, 3.8) is 0 Å². The van der Waals surface area contributed by atoms with Crippen molar-refractivity contribution in [1.82, 2.24) is 0 Å². The third kappa shape index (κ3) is 2.40. The van der Waals surface area contributed by atoms with Crippen LogP contribution in [0.3, 0.4) is 0 Å². The molecule has 15 heavy (non-hydrogen) atoms. The second kappa shape index (κ2) is 3.87. The van der Waals surface area contributed by atoms with Gasteiger partial charge in [-0.05, 0) is 55.9 Å². The van der Waals surface area contributed by atoms with E-state index in [1.54, 1.807) is 6.07 Å². The fourth-order valence-electron chi connectivity index (χ4n) is 1.79. The first-order chi connectivity index (χ1) is 7.02. The van der Waals surface area contributed by atoms with Gasteiger partial charge in [0.2, 0.25) is 0 Å². The van der Waals surface area contributed by atoms with Crippen molar-refractivity contribution in [3.05, 3.63) is 33.5 Å². The maximum Gasteiger partial charge on any atom is 0.126 e. The molecule has 0 heterocycles. The molecule has 1 aliphatic rings. The Morgan fingerprint density at radius 1 is 1.47 bits per heavy atom. The molecule has 2 rings (SSSR count). The molecule has 1 aromatic rings. The van der Waals surface area contributed by atoms with Gasteiger partial charge in [-0.15, -0.1) is 0 Å². The van der Waals surface area contributed by atoms with Gasteiger partial charge in [0, 0.05) is 10.0 Å². The molecule has 0 spiro atoms. The molecule has 1 saturated carbocycles. The minimum Gasteiger partial charge on any atom is -0.325 e. The van der Waals surface area contributed by atoms with Gasteiger partial charge in [-0.25, -0.2) is 4.39 Å². The Hall–Kier alpha value is -0.410. The lowest BCUT2D eigenvalue weighted by atomic mass is 10.00. The van der Waals surface area contributed by atoms with Crippen LogP contribution in [-0.2, 0) is 6.42 Å². The maximum atomic E-state index is 13.6. The second-order valence-electron chi connectivity index (χ2n) is 4.50. The summed E-state index contributed by atoms with van der Waals surface area (Å²) < 4.78 is 14.5. The number of rotatable bonds is 3. The van der Waals surface area contributed by atoms with Crippen LogP contribution in [0.5, 0.6) is 0 Å². The average Bonchev–Trinajstić information content (AvgIpc) is 2.91. The van der Waals surface area contributed by atoms with Crippen LogP contribution in [-0.4, -0.2) is 5.54 Å². The summed E-state index contributed by atoms with van der Waals surface area (Å²) in [6.45, 7) is 1.94. The Kier molecular flexibility index (Phi) is 2.86. The van der Waals surface area contributed by atoms with Crippen molar-refractivity contribution in [1.29, 1.82) is 0 Å². The highest BCUT2D eigenvalue weighted by molar-refractivity contribution is 9.10. The minimum atomic E-state index is -0.111. The summed E-state index contributed by atoms with van der Waals surface area (Å²) in [6, 6.07) is 3.27. The van der Waals surface area contributed by atoms with E-state index >= 15 is 0 Å². The molecule has 0 aliphatic heterocycles. The lowest BCUT2D eigenvalue weighted by Gasteiger charge is -2.12. The molecular formula is C12H15BrFN. The predicted octanol–water partition coefficient (Wildman–Crippen LogP) is 3.32. The summed E-state index contributed by atoms with van der Waals surface area (Å²) in [5.74, 6) is -0.111. The summed E-state index contributed by atoms with van der Waals surface area (Å²) in [5.41, 5.74) is 7.81. The van der Waals surface area contributed by atoms with Gasteiger partial charge >= 0.3 is 0 Å². The molecule has 2 N–H and O–H groups in total. The Morgan fingerprint density at radius 3 is 2.73 bits per heavy atom. The molecule has 0 atom stereocenters. The Bertz CT molecular complexity index is 385. The van der Waals surface area contributed by atoms with E-state index in [1.807, 2.05) is 6.92 Å². The Morgan fingerprint density at radius 2 is 2.13 bits per heavy atom. The van der Waals surface area contributed by atoms with E-state index in [0.717, 1.165) is 41.3 Å². The summed E-state index contributed by atoms with van der Waals surface area (Å²) in [4.78, 5) is 0. The van der Waals surface area contributed by atoms with Crippen LogP contribution in [0.4, 0.5) is 4.39 Å². The van der Waals surface area contributed by atoms with E-state index in [0.29, 0.717) is 0 Å². The molecule has 1 nitrogen and oxygen atoms in total. The highest BCUT2D eigenvalue weighted by Crippen LogP contribution is 2.37. The average molecular weight is 272 g/mol. The molecule has 1 aliphatic carbocycles. The summed E-state index contributed by atoms with van der Waals surface area (Å²) in [6.07, 6.45) is 3.80. The molecule has 0 aromatic heterocycles. The van der Waals surface area contributed by atoms with Gasteiger partial charge < -0.3 is 5.73 Å². The van der Waals surface area contributed by atoms with Crippen LogP contribution >= 0.6 is 15.9 Å². The molecule has 0 radical (unpaired) electrons. The minimum absolute atomic E-state index is 0.00119. The highest BCUT2D eigenvalue weighted by Gasteiger charge is 2.37. The molecule has 0 unspecified atom stereocenters. The Labute approximate surface area is 98.0 Å². The number of hydrogen-bond donors (Lipinski definition) is 1. The smallest absolute Gasteiger partial charge is 0.126 e. The molecule has 1 fully saturated rings. The Balaban J connectivity index is 2.16. The van der Waals surface area contributed by atoms with Crippen molar-refractivity contribution >= 4 is 15.9 Å². The van der Waals surface area contributed by atoms with Gasteiger partial charge in [0.05, 0.1) is 0 Å². The molecule has 82 valence electrons. The van der Waals surface area contributed by atoms with Crippen LogP contribution in [0.25, 0.3) is 0 Å². The van der Waals surface area contributed by atoms with E-state index in [4.69, 9.17) is 5.73 Å². The number of benzene rings is 1. The van der Waals surface area contributed by atoms with Crippen molar-refractivity contribution in [3.8, 4) is 0 Å². The van der Waals surface area contributed by atoms with E-state index in [2.05, 4.69) is 15.9 Å². The fraction of sp³-hybridized carbons (Fsp3) is 0.500. The lowest BCUT2D eigenvalue weighted by molar-refractivity contribution is 0.568. The van der Waals surface area contributed by atoms with E-state index in [9.17, 15) is 4.39 Å². The van der Waals surface area contributed by atoms with Gasteiger partial charge in [-0.1, -0.05) is 15.9 Å². The van der Waals surface area contributed by atoms with E-state index in [-0.39, 0.29) is 11.4 Å². The summed E-state index contributed by atoms with van der Waals surface area (Å²) in [5, 5.41) is 0. The van der Waals surface area contributed by atoms with Gasteiger partial charge in [-0.2, -0.15) is 0 Å². The van der Waals surface area contributed by atoms with Crippen molar-refractivity contribution < 1.29 is 4.39 Å². The zero-order valence-electron chi connectivity index (χ0n) is 8.82. The van der Waals surface area contributed by atoms with E-state index < -0.39 is 0 Å². The van der Waals surface area contributed by atoms with Crippen molar-refractivity contribution in [2.75, 3.05) is 0 Å². The first kappa shape index (κ1) is 11.1. The standard InChI is InChI=1S/C12H15BrFN/c1-8-9(4-5-12(15)6-7-12)11(14)3-2-10(8)13/h2-3H,4-7,15H2,1H3. The molecule has 0 saturated heterocycles. The van der Waals surface area contributed by atoms with Crippen LogP contribution in [0.15, 0.2) is 16.6 Å². The first-order valence-corrected chi connectivity index (χ1v) is 6.03. The molecular weight excluding hydrogens is 257 g/mol. The van der Waals surface area contributed by atoms with Crippen LogP contribution in [0, 0.1) is 12.7 Å². The van der Waals surface area contributed by atoms with Gasteiger partial charge in [-0.3, -0.25) is 0 Å². The zero-order valence-corrected chi connectivity index (χ0v) is 10.4. The summed E-state index contributed by atoms with van der Waals surface area (Å²) >= 11 is 3.42. The number of nitrogens with two attached hydrogens (primary N) is 1. The molecule has 0 amide bonds. The monoisotopic (exact) mass is 271 g/mol. The molecule has 3 heteroatoms. The predicted molar refractivity (Wildman–Crippen MR) is 63.3 cm³/mol. The van der Waals surface area contributed by atoms with Crippen LogP contribution < -0.4 is 5.73 Å². The highest BCUT2D eigenvalue weighted by atomic mass is 79.9. The van der Waals surface area contributed by atoms with E-state index in [1.165, 1.54) is 6.07 Å². The maximum absolute atomic E-state index is 13.6. The lowest BCUT2D eigenvalue weighted by Crippen LogP contribution is -2.22. The van der Waals surface area contributed by atoms with Crippen LogP contribution in [0.1, 0.15) is 30.4 Å².